The average molecular weight is 265 g/mol. The van der Waals surface area contributed by atoms with Gasteiger partial charge >= 0.3 is 7.12 Å². The molecule has 0 aromatic carbocycles. The fourth-order valence-corrected chi connectivity index (χ4v) is 1.70. The van der Waals surface area contributed by atoms with E-state index in [0.29, 0.717) is 5.56 Å². The summed E-state index contributed by atoms with van der Waals surface area (Å²) in [7, 11) is -0.475. The first-order valence-electron chi connectivity index (χ1n) is 6.10. The summed E-state index contributed by atoms with van der Waals surface area (Å²) < 4.78 is 24.4. The second kappa shape index (κ2) is 4.61. The number of aromatic hydroxyl groups is 1. The molecule has 0 bridgehead atoms. The minimum atomic E-state index is -0.882. The Kier molecular flexibility index (Phi) is 3.41. The van der Waals surface area contributed by atoms with Crippen LogP contribution in [0.5, 0.6) is 5.75 Å². The second-order valence-electron chi connectivity index (χ2n) is 5.56. The summed E-state index contributed by atoms with van der Waals surface area (Å²) in [5.74, 6) is 0.356. The van der Waals surface area contributed by atoms with Crippen LogP contribution < -0.4 is 0 Å². The first-order chi connectivity index (χ1) is 8.71. The van der Waals surface area contributed by atoms with Gasteiger partial charge in [-0.1, -0.05) is 12.1 Å². The number of rotatable bonds is 2. The van der Waals surface area contributed by atoms with Gasteiger partial charge in [-0.05, 0) is 39.3 Å². The zero-order valence-electron chi connectivity index (χ0n) is 11.5. The third-order valence-electron chi connectivity index (χ3n) is 3.56. The first-order valence-corrected chi connectivity index (χ1v) is 6.10. The van der Waals surface area contributed by atoms with Gasteiger partial charge in [-0.15, -0.1) is 0 Å². The number of pyridine rings is 1. The normalized spacial score (nSPS) is 21.2. The highest BCUT2D eigenvalue weighted by atomic mass is 19.1. The molecule has 0 unspecified atom stereocenters. The third kappa shape index (κ3) is 2.79. The highest BCUT2D eigenvalue weighted by Crippen LogP contribution is 2.37. The molecule has 1 aliphatic heterocycles. The Morgan fingerprint density at radius 2 is 1.84 bits per heavy atom. The molecular weight excluding hydrogens is 248 g/mol. The molecule has 0 atom stereocenters. The van der Waals surface area contributed by atoms with Gasteiger partial charge in [-0.25, -0.2) is 4.98 Å². The monoisotopic (exact) mass is 265 g/mol. The van der Waals surface area contributed by atoms with E-state index >= 15 is 0 Å². The molecule has 1 saturated heterocycles. The molecule has 102 valence electrons. The van der Waals surface area contributed by atoms with Crippen LogP contribution in [0.25, 0.3) is 6.08 Å². The maximum absolute atomic E-state index is 12.8. The van der Waals surface area contributed by atoms with Crippen LogP contribution >= 0.6 is 0 Å². The Balaban J connectivity index is 2.10. The lowest BCUT2D eigenvalue weighted by molar-refractivity contribution is 0.00578. The summed E-state index contributed by atoms with van der Waals surface area (Å²) in [6, 6.07) is 1.30. The molecular formula is C13H17BFNO3. The van der Waals surface area contributed by atoms with Crippen molar-refractivity contribution in [2.75, 3.05) is 0 Å². The number of aromatic nitrogens is 1. The minimum Gasteiger partial charge on any atom is -0.504 e. The van der Waals surface area contributed by atoms with Crippen LogP contribution in [0, 0.1) is 5.95 Å². The van der Waals surface area contributed by atoms with Crippen LogP contribution in [0.4, 0.5) is 4.39 Å². The molecule has 4 nitrogen and oxygen atoms in total. The van der Waals surface area contributed by atoms with Gasteiger partial charge < -0.3 is 14.4 Å². The van der Waals surface area contributed by atoms with Gasteiger partial charge in [0.2, 0.25) is 0 Å². The average Bonchev–Trinajstić information content (AvgIpc) is 2.49. The summed E-state index contributed by atoms with van der Waals surface area (Å²) in [5.41, 5.74) is -0.218. The Bertz CT molecular complexity index is 501. The van der Waals surface area contributed by atoms with Crippen LogP contribution in [-0.4, -0.2) is 28.4 Å². The van der Waals surface area contributed by atoms with Gasteiger partial charge in [0.05, 0.1) is 11.2 Å². The van der Waals surface area contributed by atoms with Crippen molar-refractivity contribution in [2.24, 2.45) is 0 Å². The van der Waals surface area contributed by atoms with Crippen molar-refractivity contribution in [3.63, 3.8) is 0 Å². The van der Waals surface area contributed by atoms with E-state index < -0.39 is 30.0 Å². The van der Waals surface area contributed by atoms with Crippen molar-refractivity contribution < 1.29 is 18.8 Å². The molecule has 1 fully saturated rings. The Labute approximate surface area is 112 Å². The van der Waals surface area contributed by atoms with E-state index in [1.807, 2.05) is 27.7 Å². The molecule has 0 radical (unpaired) electrons. The molecule has 0 aliphatic carbocycles. The smallest absolute Gasteiger partial charge is 0.487 e. The number of halogens is 1. The van der Waals surface area contributed by atoms with Crippen LogP contribution in [-0.2, 0) is 9.31 Å². The van der Waals surface area contributed by atoms with Crippen LogP contribution in [0.1, 0.15) is 33.3 Å². The summed E-state index contributed by atoms with van der Waals surface area (Å²) in [6.45, 7) is 7.86. The zero-order chi connectivity index (χ0) is 14.3. The van der Waals surface area contributed by atoms with Gasteiger partial charge in [-0.3, -0.25) is 0 Å². The largest absolute Gasteiger partial charge is 0.504 e. The Morgan fingerprint density at radius 1 is 1.26 bits per heavy atom. The second-order valence-corrected chi connectivity index (χ2v) is 5.56. The SMILES string of the molecule is CC1(C)OB(/C=C/c2cnc(F)c(O)c2)OC1(C)C. The maximum atomic E-state index is 12.8. The van der Waals surface area contributed by atoms with Gasteiger partial charge in [0.1, 0.15) is 0 Å². The van der Waals surface area contributed by atoms with Gasteiger partial charge in [0, 0.05) is 6.20 Å². The molecule has 1 aromatic heterocycles. The van der Waals surface area contributed by atoms with Crippen molar-refractivity contribution in [2.45, 2.75) is 38.9 Å². The predicted octanol–water partition coefficient (Wildman–Crippen LogP) is 2.57. The van der Waals surface area contributed by atoms with E-state index in [1.54, 1.807) is 12.1 Å². The zero-order valence-corrected chi connectivity index (χ0v) is 11.5. The summed E-state index contributed by atoms with van der Waals surface area (Å²) in [5, 5.41) is 9.22. The van der Waals surface area contributed by atoms with E-state index in [-0.39, 0.29) is 0 Å². The molecule has 1 N–H and O–H groups in total. The van der Waals surface area contributed by atoms with E-state index in [1.165, 1.54) is 12.3 Å². The van der Waals surface area contributed by atoms with E-state index in [9.17, 15) is 9.50 Å². The van der Waals surface area contributed by atoms with Crippen LogP contribution in [0.3, 0.4) is 0 Å². The number of hydrogen-bond acceptors (Lipinski definition) is 4. The first kappa shape index (κ1) is 14.0. The quantitative estimate of drug-likeness (QED) is 0.659. The van der Waals surface area contributed by atoms with Crippen LogP contribution in [0.15, 0.2) is 18.2 Å². The number of hydrogen-bond donors (Lipinski definition) is 1. The fourth-order valence-electron chi connectivity index (χ4n) is 1.70. The maximum Gasteiger partial charge on any atom is 0.487 e. The Hall–Kier alpha value is -1.40. The van der Waals surface area contributed by atoms with Crippen molar-refractivity contribution in [3.05, 3.63) is 29.7 Å². The molecule has 19 heavy (non-hydrogen) atoms. The van der Waals surface area contributed by atoms with Crippen molar-refractivity contribution in [1.82, 2.24) is 4.98 Å². The van der Waals surface area contributed by atoms with Crippen molar-refractivity contribution in [3.8, 4) is 5.75 Å². The summed E-state index contributed by atoms with van der Waals surface area (Å²) >= 11 is 0. The standard InChI is InChI=1S/C13H17BFNO3/c1-12(2)13(3,4)19-14(18-12)6-5-9-7-10(17)11(15)16-8-9/h5-8,17H,1-4H3/b6-5+. The lowest BCUT2D eigenvalue weighted by atomic mass is 9.89. The van der Waals surface area contributed by atoms with E-state index in [2.05, 4.69) is 4.98 Å². The Morgan fingerprint density at radius 3 is 2.37 bits per heavy atom. The molecule has 2 rings (SSSR count). The lowest BCUT2D eigenvalue weighted by Crippen LogP contribution is -2.41. The third-order valence-corrected chi connectivity index (χ3v) is 3.56. The fraction of sp³-hybridized carbons (Fsp3) is 0.462. The predicted molar refractivity (Wildman–Crippen MR) is 71.0 cm³/mol. The number of nitrogens with zero attached hydrogens (tertiary/aromatic N) is 1. The highest BCUT2D eigenvalue weighted by Gasteiger charge is 2.49. The molecule has 1 aliphatic rings. The molecule has 6 heteroatoms. The van der Waals surface area contributed by atoms with Gasteiger partial charge in [-0.2, -0.15) is 4.39 Å². The van der Waals surface area contributed by atoms with Crippen LogP contribution in [0.2, 0.25) is 0 Å². The topological polar surface area (TPSA) is 51.6 Å². The summed E-state index contributed by atoms with van der Waals surface area (Å²) in [4.78, 5) is 3.43. The highest BCUT2D eigenvalue weighted by molar-refractivity contribution is 6.52. The molecule has 0 amide bonds. The van der Waals surface area contributed by atoms with Gasteiger partial charge in [0.15, 0.2) is 5.75 Å². The molecule has 1 aromatic rings. The van der Waals surface area contributed by atoms with Crippen molar-refractivity contribution in [1.29, 1.82) is 0 Å². The summed E-state index contributed by atoms with van der Waals surface area (Å²) in [6.07, 6.45) is 3.01. The molecule has 0 spiro atoms. The van der Waals surface area contributed by atoms with Gasteiger partial charge in [0.25, 0.3) is 5.95 Å². The molecule has 0 saturated carbocycles. The molecule has 2 heterocycles. The van der Waals surface area contributed by atoms with Crippen molar-refractivity contribution >= 4 is 13.2 Å². The van der Waals surface area contributed by atoms with E-state index in [4.69, 9.17) is 9.31 Å². The minimum absolute atomic E-state index is 0.398. The van der Waals surface area contributed by atoms with E-state index in [0.717, 1.165) is 0 Å². The lowest BCUT2D eigenvalue weighted by Gasteiger charge is -2.32.